The van der Waals surface area contributed by atoms with Crippen molar-refractivity contribution in [3.05, 3.63) is 47.9 Å². The van der Waals surface area contributed by atoms with E-state index >= 15 is 8.78 Å². The van der Waals surface area contributed by atoms with Gasteiger partial charge in [0, 0.05) is 55.3 Å². The summed E-state index contributed by atoms with van der Waals surface area (Å²) in [4.78, 5) is 17.8. The molecule has 4 atom stereocenters. The molecule has 0 saturated carbocycles. The fourth-order valence-electron chi connectivity index (χ4n) is 7.87. The van der Waals surface area contributed by atoms with Crippen LogP contribution in [-0.2, 0) is 0 Å². The minimum atomic E-state index is -1.17. The smallest absolute Gasteiger partial charge is 0.319 e. The van der Waals surface area contributed by atoms with Crippen molar-refractivity contribution in [2.45, 2.75) is 62.3 Å². The van der Waals surface area contributed by atoms with Crippen LogP contribution in [0, 0.1) is 17.5 Å². The number of hydrogen-bond donors (Lipinski definition) is 2. The second-order valence-electron chi connectivity index (χ2n) is 12.7. The summed E-state index contributed by atoms with van der Waals surface area (Å²) in [5, 5.41) is 14.4. The van der Waals surface area contributed by atoms with Crippen LogP contribution in [0.25, 0.3) is 32.9 Å². The summed E-state index contributed by atoms with van der Waals surface area (Å²) in [6, 6.07) is 5.36. The lowest BCUT2D eigenvalue weighted by molar-refractivity contribution is 0.107. The third-order valence-electron chi connectivity index (χ3n) is 9.94. The highest BCUT2D eigenvalue weighted by molar-refractivity contribution is 6.00. The van der Waals surface area contributed by atoms with Crippen molar-refractivity contribution < 1.29 is 27.4 Å². The number of alkyl halides is 1. The number of anilines is 1. The number of phenols is 1. The second-order valence-corrected chi connectivity index (χ2v) is 12.7. The number of hydrogen-bond acceptors (Lipinski definition) is 8. The molecule has 4 aliphatic heterocycles. The van der Waals surface area contributed by atoms with Crippen LogP contribution in [-0.4, -0.2) is 81.5 Å². The van der Waals surface area contributed by atoms with Crippen LogP contribution in [0.3, 0.4) is 0 Å². The number of halogens is 4. The number of aromatic nitrogens is 3. The molecule has 4 saturated heterocycles. The van der Waals surface area contributed by atoms with Gasteiger partial charge in [-0.25, -0.2) is 17.6 Å². The maximum atomic E-state index is 16.6. The van der Waals surface area contributed by atoms with E-state index in [4.69, 9.17) is 9.72 Å². The van der Waals surface area contributed by atoms with E-state index < -0.39 is 29.2 Å². The molecule has 0 spiro atoms. The van der Waals surface area contributed by atoms with Crippen molar-refractivity contribution in [1.29, 1.82) is 0 Å². The molecule has 2 N–H and O–H groups in total. The summed E-state index contributed by atoms with van der Waals surface area (Å²) < 4.78 is 66.6. The number of pyridine rings is 1. The van der Waals surface area contributed by atoms with Crippen LogP contribution >= 0.6 is 0 Å². The van der Waals surface area contributed by atoms with Gasteiger partial charge in [0.05, 0.1) is 10.9 Å². The van der Waals surface area contributed by atoms with Crippen LogP contribution < -0.4 is 15.0 Å². The normalized spacial score (nSPS) is 26.9. The molecule has 6 heterocycles. The molecular weight excluding hydrogens is 576 g/mol. The Morgan fingerprint density at radius 3 is 2.77 bits per heavy atom. The van der Waals surface area contributed by atoms with Gasteiger partial charge in [0.1, 0.15) is 35.6 Å². The number of fused-ring (bicyclic) bond motifs is 5. The summed E-state index contributed by atoms with van der Waals surface area (Å²) >= 11 is 0. The monoisotopic (exact) mass is 608 g/mol. The van der Waals surface area contributed by atoms with Gasteiger partial charge in [-0.1, -0.05) is 6.07 Å². The second kappa shape index (κ2) is 10.4. The number of aromatic hydroxyl groups is 1. The van der Waals surface area contributed by atoms with Gasteiger partial charge in [0.15, 0.2) is 17.5 Å². The molecule has 4 fully saturated rings. The first kappa shape index (κ1) is 27.8. The number of nitrogens with zero attached hydrogens (tertiary/aromatic N) is 5. The summed E-state index contributed by atoms with van der Waals surface area (Å²) in [5.41, 5.74) is -0.920. The van der Waals surface area contributed by atoms with Gasteiger partial charge >= 0.3 is 6.01 Å². The highest BCUT2D eigenvalue weighted by atomic mass is 19.2. The maximum absolute atomic E-state index is 16.6. The number of ether oxygens (including phenoxy) is 1. The number of nitrogens with one attached hydrogen (secondary N) is 1. The van der Waals surface area contributed by atoms with E-state index in [1.807, 2.05) is 0 Å². The third-order valence-corrected chi connectivity index (χ3v) is 9.94. The molecule has 4 aromatic rings. The van der Waals surface area contributed by atoms with Gasteiger partial charge in [-0.15, -0.1) is 0 Å². The first-order valence-corrected chi connectivity index (χ1v) is 15.3. The summed E-state index contributed by atoms with van der Waals surface area (Å²) in [6.45, 7) is 2.69. The zero-order chi connectivity index (χ0) is 30.2. The Morgan fingerprint density at radius 2 is 1.89 bits per heavy atom. The van der Waals surface area contributed by atoms with E-state index in [-0.39, 0.29) is 52.0 Å². The van der Waals surface area contributed by atoms with Crippen molar-refractivity contribution in [2.24, 2.45) is 0 Å². The molecule has 8 nitrogen and oxygen atoms in total. The van der Waals surface area contributed by atoms with Crippen molar-refractivity contribution in [3.63, 3.8) is 0 Å². The topological polar surface area (TPSA) is 86.6 Å². The summed E-state index contributed by atoms with van der Waals surface area (Å²) in [6.07, 6.45) is 5.65. The predicted octanol–water partition coefficient (Wildman–Crippen LogP) is 5.25. The minimum absolute atomic E-state index is 0.0348. The van der Waals surface area contributed by atoms with E-state index in [1.165, 1.54) is 24.4 Å². The Kier molecular flexibility index (Phi) is 6.56. The lowest BCUT2D eigenvalue weighted by atomic mass is 9.95. The van der Waals surface area contributed by atoms with Gasteiger partial charge in [-0.3, -0.25) is 9.88 Å². The van der Waals surface area contributed by atoms with Crippen molar-refractivity contribution in [3.8, 4) is 23.0 Å². The minimum Gasteiger partial charge on any atom is -0.508 e. The van der Waals surface area contributed by atoms with Crippen molar-refractivity contribution in [1.82, 2.24) is 25.2 Å². The fraction of sp³-hybridized carbons (Fsp3) is 0.469. The first-order chi connectivity index (χ1) is 21.3. The lowest BCUT2D eigenvalue weighted by Crippen LogP contribution is -2.43. The SMILES string of the molecule is Oc1cc(-c2ncc3c(N4CCC5CCC(C4)N5)nc(OCC45CCCN4CC(F)C5)nc3c2F)c2c(F)c(F)ccc2c1. The van der Waals surface area contributed by atoms with Crippen LogP contribution in [0.2, 0.25) is 0 Å². The molecule has 0 radical (unpaired) electrons. The van der Waals surface area contributed by atoms with E-state index in [9.17, 15) is 13.9 Å². The van der Waals surface area contributed by atoms with E-state index in [0.29, 0.717) is 43.3 Å². The molecule has 12 heteroatoms. The highest BCUT2D eigenvalue weighted by Gasteiger charge is 2.49. The number of phenolic OH excluding ortho intramolecular Hbond substituents is 1. The first-order valence-electron chi connectivity index (χ1n) is 15.3. The van der Waals surface area contributed by atoms with Gasteiger partial charge in [0.25, 0.3) is 0 Å². The third kappa shape index (κ3) is 4.52. The average Bonchev–Trinajstić information content (AvgIpc) is 3.64. The van der Waals surface area contributed by atoms with Crippen molar-refractivity contribution >= 4 is 27.5 Å². The fourth-order valence-corrected chi connectivity index (χ4v) is 7.87. The van der Waals surface area contributed by atoms with Gasteiger partial charge < -0.3 is 20.1 Å². The van der Waals surface area contributed by atoms with E-state index in [1.54, 1.807) is 0 Å². The summed E-state index contributed by atoms with van der Waals surface area (Å²) in [7, 11) is 0. The van der Waals surface area contributed by atoms with Crippen LogP contribution in [0.4, 0.5) is 23.4 Å². The molecule has 8 rings (SSSR count). The standard InChI is InChI=1S/C32H32F4N6O2/c33-18-12-32(7-1-8-42(32)14-18)16-44-31-39-29-23(30(40-31)41-9-6-19-3-4-20(15-41)38-19)13-37-28(27(29)36)22-11-21(43)10-17-2-5-24(34)26(35)25(17)22/h2,5,10-11,13,18-20,38,43H,1,3-4,6-9,12,14-16H2. The molecule has 2 aromatic carbocycles. The molecule has 44 heavy (non-hydrogen) atoms. The Balaban J connectivity index is 1.26. The maximum Gasteiger partial charge on any atom is 0.319 e. The predicted molar refractivity (Wildman–Crippen MR) is 157 cm³/mol. The quantitative estimate of drug-likeness (QED) is 0.297. The molecule has 0 amide bonds. The molecular formula is C32H32F4N6O2. The van der Waals surface area contributed by atoms with Gasteiger partial charge in [-0.05, 0) is 62.2 Å². The zero-order valence-electron chi connectivity index (χ0n) is 24.0. The van der Waals surface area contributed by atoms with Gasteiger partial charge in [0.2, 0.25) is 0 Å². The molecule has 2 bridgehead atoms. The Labute approximate surface area is 251 Å². The Hall–Kier alpha value is -3.77. The van der Waals surface area contributed by atoms with Crippen molar-refractivity contribution in [2.75, 3.05) is 37.7 Å². The number of benzene rings is 2. The van der Waals surface area contributed by atoms with Crippen LogP contribution in [0.15, 0.2) is 30.5 Å². The Morgan fingerprint density at radius 1 is 1.02 bits per heavy atom. The molecule has 2 aromatic heterocycles. The Bertz CT molecular complexity index is 1790. The van der Waals surface area contributed by atoms with Crippen LogP contribution in [0.1, 0.15) is 38.5 Å². The average molecular weight is 609 g/mol. The lowest BCUT2D eigenvalue weighted by Gasteiger charge is -2.31. The highest BCUT2D eigenvalue weighted by Crippen LogP contribution is 2.42. The van der Waals surface area contributed by atoms with E-state index in [0.717, 1.165) is 44.7 Å². The largest absolute Gasteiger partial charge is 0.508 e. The number of rotatable bonds is 5. The zero-order valence-corrected chi connectivity index (χ0v) is 24.0. The van der Waals surface area contributed by atoms with Crippen LogP contribution in [0.5, 0.6) is 11.8 Å². The molecule has 4 aliphatic rings. The van der Waals surface area contributed by atoms with E-state index in [2.05, 4.69) is 25.1 Å². The summed E-state index contributed by atoms with van der Waals surface area (Å²) in [5.74, 6) is -2.90. The molecule has 4 unspecified atom stereocenters. The molecule has 230 valence electrons. The van der Waals surface area contributed by atoms with Gasteiger partial charge in [-0.2, -0.15) is 9.97 Å². The molecule has 0 aliphatic carbocycles.